The lowest BCUT2D eigenvalue weighted by atomic mass is 9.64. The third-order valence-corrected chi connectivity index (χ3v) is 5.47. The normalized spacial score (nSPS) is 36.9. The lowest BCUT2D eigenvalue weighted by Gasteiger charge is -2.46. The summed E-state index contributed by atoms with van der Waals surface area (Å²) in [5, 5.41) is 0. The third-order valence-electron chi connectivity index (χ3n) is 4.29. The molecule has 2 bridgehead atoms. The van der Waals surface area contributed by atoms with Crippen LogP contribution in [0.5, 0.6) is 0 Å². The molecule has 0 amide bonds. The fourth-order valence-electron chi connectivity index (χ4n) is 3.63. The van der Waals surface area contributed by atoms with Crippen LogP contribution in [0.15, 0.2) is 30.3 Å². The molecule has 17 heavy (non-hydrogen) atoms. The van der Waals surface area contributed by atoms with Crippen molar-refractivity contribution >= 4 is 21.7 Å². The minimum Gasteiger partial charge on any atom is -0.299 e. The van der Waals surface area contributed by atoms with Crippen LogP contribution in [-0.2, 0) is 4.79 Å². The topological polar surface area (TPSA) is 17.1 Å². The van der Waals surface area contributed by atoms with Gasteiger partial charge in [0.15, 0.2) is 0 Å². The molecule has 0 aromatic heterocycles. The van der Waals surface area contributed by atoms with Crippen molar-refractivity contribution in [3.8, 4) is 0 Å². The highest BCUT2D eigenvalue weighted by molar-refractivity contribution is 9.10. The van der Waals surface area contributed by atoms with E-state index in [9.17, 15) is 4.79 Å². The highest BCUT2D eigenvalue weighted by Crippen LogP contribution is 2.53. The molecule has 2 heteroatoms. The zero-order valence-electron chi connectivity index (χ0n) is 9.86. The van der Waals surface area contributed by atoms with Gasteiger partial charge in [0.2, 0.25) is 0 Å². The number of carbonyl (C=O) groups is 1. The summed E-state index contributed by atoms with van der Waals surface area (Å²) in [6.07, 6.45) is 5.58. The van der Waals surface area contributed by atoms with Gasteiger partial charge in [0.1, 0.15) is 5.78 Å². The van der Waals surface area contributed by atoms with Crippen LogP contribution in [0.2, 0.25) is 0 Å². The largest absolute Gasteiger partial charge is 0.299 e. The molecule has 1 aromatic rings. The first-order chi connectivity index (χ1) is 8.19. The summed E-state index contributed by atoms with van der Waals surface area (Å²) in [5.74, 6) is 1.12. The van der Waals surface area contributed by atoms with Crippen molar-refractivity contribution in [3.63, 3.8) is 0 Å². The summed E-state index contributed by atoms with van der Waals surface area (Å²) in [6, 6.07) is 10.3. The minimum atomic E-state index is 0.0343. The van der Waals surface area contributed by atoms with Crippen LogP contribution in [-0.4, -0.2) is 10.1 Å². The van der Waals surface area contributed by atoms with Gasteiger partial charge >= 0.3 is 0 Å². The molecule has 0 spiro atoms. The fraction of sp³-hybridized carbons (Fsp3) is 0.533. The van der Waals surface area contributed by atoms with Crippen molar-refractivity contribution < 1.29 is 4.79 Å². The second-order valence-electron chi connectivity index (χ2n) is 5.51. The molecule has 2 aliphatic rings. The second-order valence-corrected chi connectivity index (χ2v) is 7.09. The van der Waals surface area contributed by atoms with Crippen LogP contribution in [0.1, 0.15) is 43.6 Å². The number of carbonyl (C=O) groups excluding carboxylic acids is 1. The Kier molecular flexibility index (Phi) is 2.86. The van der Waals surface area contributed by atoms with E-state index in [-0.39, 0.29) is 10.2 Å². The van der Waals surface area contributed by atoms with Gasteiger partial charge in [-0.25, -0.2) is 0 Å². The summed E-state index contributed by atoms with van der Waals surface area (Å²) in [5.41, 5.74) is 1.19. The van der Waals surface area contributed by atoms with Crippen LogP contribution in [0.25, 0.3) is 0 Å². The molecular weight excluding hydrogens is 276 g/mol. The molecule has 1 aromatic carbocycles. The number of hydrogen-bond donors (Lipinski definition) is 0. The Hall–Kier alpha value is -0.630. The molecule has 0 saturated heterocycles. The van der Waals surface area contributed by atoms with Crippen LogP contribution in [0, 0.1) is 5.92 Å². The first kappa shape index (κ1) is 11.5. The van der Waals surface area contributed by atoms with Crippen molar-refractivity contribution in [1.29, 1.82) is 0 Å². The predicted molar refractivity (Wildman–Crippen MR) is 72.4 cm³/mol. The molecule has 0 radical (unpaired) electrons. The van der Waals surface area contributed by atoms with Gasteiger partial charge in [0, 0.05) is 10.7 Å². The minimum absolute atomic E-state index is 0.0343. The number of alkyl halides is 1. The van der Waals surface area contributed by atoms with E-state index in [1.165, 1.54) is 18.4 Å². The third kappa shape index (κ3) is 1.97. The van der Waals surface area contributed by atoms with Gasteiger partial charge in [-0.1, -0.05) is 52.7 Å². The molecule has 0 heterocycles. The van der Waals surface area contributed by atoms with E-state index in [0.717, 1.165) is 19.3 Å². The highest BCUT2D eigenvalue weighted by atomic mass is 79.9. The number of fused-ring (bicyclic) bond motifs is 2. The molecule has 0 aliphatic heterocycles. The molecule has 90 valence electrons. The molecule has 3 atom stereocenters. The van der Waals surface area contributed by atoms with E-state index in [1.54, 1.807) is 0 Å². The van der Waals surface area contributed by atoms with Crippen LogP contribution in [0.3, 0.4) is 0 Å². The van der Waals surface area contributed by atoms with E-state index in [1.807, 2.05) is 18.2 Å². The molecule has 1 nitrogen and oxygen atoms in total. The Labute approximate surface area is 111 Å². The molecule has 2 fully saturated rings. The van der Waals surface area contributed by atoms with Crippen molar-refractivity contribution in [2.45, 2.75) is 42.3 Å². The molecule has 3 rings (SSSR count). The van der Waals surface area contributed by atoms with Gasteiger partial charge in [0.25, 0.3) is 0 Å². The first-order valence-corrected chi connectivity index (χ1v) is 7.25. The smallest absolute Gasteiger partial charge is 0.142 e. The van der Waals surface area contributed by atoms with Gasteiger partial charge in [-0.2, -0.15) is 0 Å². The van der Waals surface area contributed by atoms with E-state index in [4.69, 9.17) is 0 Å². The van der Waals surface area contributed by atoms with Crippen molar-refractivity contribution in [2.75, 3.05) is 0 Å². The van der Waals surface area contributed by atoms with Gasteiger partial charge in [0.05, 0.1) is 5.92 Å². The predicted octanol–water partition coefficient (Wildman–Crippen LogP) is 4.07. The van der Waals surface area contributed by atoms with Gasteiger partial charge in [-0.3, -0.25) is 4.79 Å². The van der Waals surface area contributed by atoms with Crippen LogP contribution < -0.4 is 0 Å². The Bertz CT molecular complexity index is 428. The second kappa shape index (κ2) is 4.24. The first-order valence-electron chi connectivity index (χ1n) is 6.46. The van der Waals surface area contributed by atoms with Gasteiger partial charge < -0.3 is 0 Å². The van der Waals surface area contributed by atoms with E-state index in [0.29, 0.717) is 11.7 Å². The Morgan fingerprint density at radius 2 is 2.00 bits per heavy atom. The number of ketones is 1. The van der Waals surface area contributed by atoms with E-state index in [2.05, 4.69) is 28.1 Å². The summed E-state index contributed by atoms with van der Waals surface area (Å²) < 4.78 is 0.0343. The maximum atomic E-state index is 12.4. The van der Waals surface area contributed by atoms with Crippen molar-refractivity contribution in [2.24, 2.45) is 5.92 Å². The lowest BCUT2D eigenvalue weighted by molar-refractivity contribution is -0.125. The average molecular weight is 293 g/mol. The quantitative estimate of drug-likeness (QED) is 0.713. The standard InChI is InChI=1S/C15H17BrO/c16-15-8-4-5-11(10-15)9-13(17)14(15)12-6-2-1-3-7-12/h1-3,6-7,11,14H,4-5,8-10H2/t11-,14+,15+/m1/s1. The number of rotatable bonds is 1. The number of benzene rings is 1. The van der Waals surface area contributed by atoms with Gasteiger partial charge in [-0.15, -0.1) is 0 Å². The molecule has 0 N–H and O–H groups in total. The number of hydrogen-bond acceptors (Lipinski definition) is 1. The highest BCUT2D eigenvalue weighted by Gasteiger charge is 2.49. The van der Waals surface area contributed by atoms with Crippen molar-refractivity contribution in [1.82, 2.24) is 0 Å². The van der Waals surface area contributed by atoms with E-state index >= 15 is 0 Å². The van der Waals surface area contributed by atoms with Gasteiger partial charge in [-0.05, 0) is 30.7 Å². The van der Waals surface area contributed by atoms with Crippen molar-refractivity contribution in [3.05, 3.63) is 35.9 Å². The molecule has 0 unspecified atom stereocenters. The Morgan fingerprint density at radius 1 is 1.24 bits per heavy atom. The summed E-state index contributed by atoms with van der Waals surface area (Å²) in [4.78, 5) is 12.4. The Balaban J connectivity index is 1.99. The molecule has 2 saturated carbocycles. The maximum Gasteiger partial charge on any atom is 0.142 e. The maximum absolute atomic E-state index is 12.4. The van der Waals surface area contributed by atoms with Crippen LogP contribution in [0.4, 0.5) is 0 Å². The molecule has 2 aliphatic carbocycles. The lowest BCUT2D eigenvalue weighted by Crippen LogP contribution is -2.45. The zero-order chi connectivity index (χ0) is 11.9. The number of Topliss-reactive ketones (excluding diaryl/α,β-unsaturated/α-hetero) is 1. The fourth-order valence-corrected chi connectivity index (χ4v) is 4.88. The summed E-state index contributed by atoms with van der Waals surface area (Å²) in [6.45, 7) is 0. The monoisotopic (exact) mass is 292 g/mol. The van der Waals surface area contributed by atoms with E-state index < -0.39 is 0 Å². The SMILES string of the molecule is O=C1C[C@H]2CCC[C@](Br)(C2)[C@H]1c1ccccc1. The summed E-state index contributed by atoms with van der Waals surface area (Å²) >= 11 is 3.91. The van der Waals surface area contributed by atoms with Crippen LogP contribution >= 0.6 is 15.9 Å². The zero-order valence-corrected chi connectivity index (χ0v) is 11.4. The summed E-state index contributed by atoms with van der Waals surface area (Å²) in [7, 11) is 0. The number of halogens is 1. The molecular formula is C15H17BrO. The Morgan fingerprint density at radius 3 is 2.76 bits per heavy atom. The average Bonchev–Trinajstić information content (AvgIpc) is 2.29.